The highest BCUT2D eigenvalue weighted by atomic mass is 19.1. The van der Waals surface area contributed by atoms with Gasteiger partial charge < -0.3 is 20.5 Å². The van der Waals surface area contributed by atoms with Gasteiger partial charge in [0.25, 0.3) is 0 Å². The number of amides is 2. The number of ether oxygens (including phenoxy) is 1. The summed E-state index contributed by atoms with van der Waals surface area (Å²) < 4.78 is 18.9. The summed E-state index contributed by atoms with van der Waals surface area (Å²) in [5.41, 5.74) is 3.61. The van der Waals surface area contributed by atoms with Gasteiger partial charge >= 0.3 is 0 Å². The van der Waals surface area contributed by atoms with Crippen molar-refractivity contribution in [2.24, 2.45) is 5.73 Å². The Labute approximate surface area is 139 Å². The number of primary amides is 1. The van der Waals surface area contributed by atoms with Gasteiger partial charge in [0, 0.05) is 6.54 Å². The number of carbonyl (C=O) groups is 2. The molecule has 1 aliphatic carbocycles. The van der Waals surface area contributed by atoms with E-state index in [4.69, 9.17) is 10.5 Å². The third-order valence-corrected chi connectivity index (χ3v) is 4.69. The smallest absolute Gasteiger partial charge is 0.233 e. The maximum atomic E-state index is 13.5. The molecule has 1 aliphatic heterocycles. The van der Waals surface area contributed by atoms with Crippen LogP contribution in [0.3, 0.4) is 0 Å². The first-order chi connectivity index (χ1) is 11.3. The first-order valence-electron chi connectivity index (χ1n) is 7.99. The topological polar surface area (TPSA) is 92.9 Å². The van der Waals surface area contributed by atoms with Crippen molar-refractivity contribution in [3.05, 3.63) is 35.6 Å². The molecule has 0 spiro atoms. The molecule has 1 unspecified atom stereocenters. The SMILES string of the molecule is NC(=O)CC1(O)COCCN(C(=O)C2(c3cccc(F)c3)CC2)C1. The van der Waals surface area contributed by atoms with Crippen molar-refractivity contribution >= 4 is 11.8 Å². The molecule has 0 radical (unpaired) electrons. The van der Waals surface area contributed by atoms with Gasteiger partial charge in [-0.15, -0.1) is 0 Å². The van der Waals surface area contributed by atoms with E-state index in [1.54, 1.807) is 12.1 Å². The van der Waals surface area contributed by atoms with Gasteiger partial charge in [0.2, 0.25) is 11.8 Å². The molecule has 0 bridgehead atoms. The van der Waals surface area contributed by atoms with Crippen LogP contribution in [-0.2, 0) is 19.7 Å². The highest BCUT2D eigenvalue weighted by molar-refractivity contribution is 5.91. The molecule has 1 aromatic carbocycles. The number of rotatable bonds is 4. The summed E-state index contributed by atoms with van der Waals surface area (Å²) in [4.78, 5) is 25.7. The van der Waals surface area contributed by atoms with E-state index >= 15 is 0 Å². The molecule has 7 heteroatoms. The molecule has 3 N–H and O–H groups in total. The molecule has 6 nitrogen and oxygen atoms in total. The van der Waals surface area contributed by atoms with Crippen molar-refractivity contribution in [2.45, 2.75) is 30.3 Å². The minimum atomic E-state index is -1.49. The lowest BCUT2D eigenvalue weighted by Gasteiger charge is -2.32. The van der Waals surface area contributed by atoms with Gasteiger partial charge in [-0.2, -0.15) is 0 Å². The fourth-order valence-corrected chi connectivity index (χ4v) is 3.36. The van der Waals surface area contributed by atoms with E-state index in [0.717, 1.165) is 0 Å². The Balaban J connectivity index is 1.82. The molecule has 1 saturated carbocycles. The van der Waals surface area contributed by atoms with Crippen molar-refractivity contribution in [3.8, 4) is 0 Å². The van der Waals surface area contributed by atoms with E-state index < -0.39 is 16.9 Å². The van der Waals surface area contributed by atoms with Crippen LogP contribution in [0.25, 0.3) is 0 Å². The van der Waals surface area contributed by atoms with Crippen LogP contribution in [0.15, 0.2) is 24.3 Å². The number of β-amino-alcohol motifs (C(OH)–C–C–N with tert-alkyl or cyclic N) is 1. The molecular weight excluding hydrogens is 315 g/mol. The Morgan fingerprint density at radius 2 is 2.12 bits per heavy atom. The predicted molar refractivity (Wildman–Crippen MR) is 83.5 cm³/mol. The van der Waals surface area contributed by atoms with Crippen LogP contribution in [0.2, 0.25) is 0 Å². The second-order valence-electron chi connectivity index (χ2n) is 6.74. The normalized spacial score (nSPS) is 25.8. The quantitative estimate of drug-likeness (QED) is 0.828. The minimum Gasteiger partial charge on any atom is -0.385 e. The molecule has 2 aliphatic rings. The number of aliphatic hydroxyl groups is 1. The number of nitrogens with zero attached hydrogens (tertiary/aromatic N) is 1. The van der Waals surface area contributed by atoms with E-state index in [1.807, 2.05) is 0 Å². The van der Waals surface area contributed by atoms with Gasteiger partial charge in [-0.25, -0.2) is 4.39 Å². The Bertz CT molecular complexity index is 662. The number of nitrogens with two attached hydrogens (primary N) is 1. The molecule has 0 aromatic heterocycles. The standard InChI is InChI=1S/C17H21FN2O4/c18-13-3-1-2-12(8-13)17(4-5-17)15(22)20-6-7-24-11-16(23,10-20)9-14(19)21/h1-3,8,23H,4-7,9-11H2,(H2,19,21). The second-order valence-corrected chi connectivity index (χ2v) is 6.74. The summed E-state index contributed by atoms with van der Waals surface area (Å²) in [5, 5.41) is 10.6. The van der Waals surface area contributed by atoms with Crippen molar-refractivity contribution in [3.63, 3.8) is 0 Å². The van der Waals surface area contributed by atoms with Crippen molar-refractivity contribution in [1.29, 1.82) is 0 Å². The summed E-state index contributed by atoms with van der Waals surface area (Å²) in [5.74, 6) is -1.20. The Kier molecular flexibility index (Phi) is 4.31. The zero-order valence-electron chi connectivity index (χ0n) is 13.3. The molecule has 130 valence electrons. The van der Waals surface area contributed by atoms with Crippen LogP contribution in [0.1, 0.15) is 24.8 Å². The number of hydrogen-bond donors (Lipinski definition) is 2. The molecule has 1 atom stereocenters. The summed E-state index contributed by atoms with van der Waals surface area (Å²) in [6.07, 6.45) is 1.01. The molecule has 1 saturated heterocycles. The Morgan fingerprint density at radius 3 is 2.75 bits per heavy atom. The lowest BCUT2D eigenvalue weighted by atomic mass is 9.92. The van der Waals surface area contributed by atoms with Gasteiger partial charge in [-0.3, -0.25) is 9.59 Å². The number of hydrogen-bond acceptors (Lipinski definition) is 4. The van der Waals surface area contributed by atoms with Crippen LogP contribution in [0.5, 0.6) is 0 Å². The highest BCUT2D eigenvalue weighted by Gasteiger charge is 2.54. The summed E-state index contributed by atoms with van der Waals surface area (Å²) >= 11 is 0. The maximum absolute atomic E-state index is 13.5. The van der Waals surface area contributed by atoms with E-state index in [1.165, 1.54) is 17.0 Å². The first kappa shape index (κ1) is 16.9. The average molecular weight is 336 g/mol. The van der Waals surface area contributed by atoms with Crippen LogP contribution in [0.4, 0.5) is 4.39 Å². The Morgan fingerprint density at radius 1 is 1.38 bits per heavy atom. The van der Waals surface area contributed by atoms with Gasteiger partial charge in [0.05, 0.1) is 31.6 Å². The minimum absolute atomic E-state index is 0.0220. The number of carbonyl (C=O) groups excluding carboxylic acids is 2. The summed E-state index contributed by atoms with van der Waals surface area (Å²) in [6.45, 7) is 0.515. The lowest BCUT2D eigenvalue weighted by Crippen LogP contribution is -2.50. The van der Waals surface area contributed by atoms with E-state index in [2.05, 4.69) is 0 Å². The van der Waals surface area contributed by atoms with Gasteiger partial charge in [0.15, 0.2) is 0 Å². The molecule has 3 rings (SSSR count). The number of benzene rings is 1. The lowest BCUT2D eigenvalue weighted by molar-refractivity contribution is -0.139. The summed E-state index contributed by atoms with van der Waals surface area (Å²) in [6, 6.07) is 6.06. The molecule has 2 fully saturated rings. The van der Waals surface area contributed by atoms with Crippen molar-refractivity contribution in [1.82, 2.24) is 4.90 Å². The van der Waals surface area contributed by atoms with Gasteiger partial charge in [0.1, 0.15) is 11.4 Å². The van der Waals surface area contributed by atoms with Crippen LogP contribution in [0, 0.1) is 5.82 Å². The predicted octanol–water partition coefficient (Wildman–Crippen LogP) is 0.323. The third-order valence-electron chi connectivity index (χ3n) is 4.69. The van der Waals surface area contributed by atoms with Crippen LogP contribution < -0.4 is 5.73 Å². The van der Waals surface area contributed by atoms with Gasteiger partial charge in [-0.1, -0.05) is 12.1 Å². The van der Waals surface area contributed by atoms with Crippen LogP contribution in [-0.4, -0.2) is 53.7 Å². The molecule has 24 heavy (non-hydrogen) atoms. The van der Waals surface area contributed by atoms with E-state index in [9.17, 15) is 19.1 Å². The monoisotopic (exact) mass is 336 g/mol. The zero-order valence-corrected chi connectivity index (χ0v) is 13.3. The van der Waals surface area contributed by atoms with Crippen molar-refractivity contribution in [2.75, 3.05) is 26.3 Å². The number of halogens is 1. The van der Waals surface area contributed by atoms with E-state index in [-0.39, 0.29) is 37.9 Å². The first-order valence-corrected chi connectivity index (χ1v) is 7.99. The zero-order chi connectivity index (χ0) is 17.4. The third kappa shape index (κ3) is 3.27. The molecule has 1 aromatic rings. The van der Waals surface area contributed by atoms with Crippen molar-refractivity contribution < 1.29 is 23.8 Å². The highest BCUT2D eigenvalue weighted by Crippen LogP contribution is 2.50. The Hall–Kier alpha value is -1.99. The molecular formula is C17H21FN2O4. The van der Waals surface area contributed by atoms with Gasteiger partial charge in [-0.05, 0) is 30.5 Å². The second kappa shape index (κ2) is 6.14. The average Bonchev–Trinajstić information content (AvgIpc) is 3.31. The maximum Gasteiger partial charge on any atom is 0.233 e. The largest absolute Gasteiger partial charge is 0.385 e. The van der Waals surface area contributed by atoms with Crippen LogP contribution >= 0.6 is 0 Å². The summed E-state index contributed by atoms with van der Waals surface area (Å²) in [7, 11) is 0. The molecule has 1 heterocycles. The fourth-order valence-electron chi connectivity index (χ4n) is 3.36. The molecule has 2 amide bonds. The van der Waals surface area contributed by atoms with E-state index in [0.29, 0.717) is 24.9 Å². The fraction of sp³-hybridized carbons (Fsp3) is 0.529.